The van der Waals surface area contributed by atoms with E-state index in [4.69, 9.17) is 4.74 Å². The minimum Gasteiger partial charge on any atom is -0.492 e. The van der Waals surface area contributed by atoms with Gasteiger partial charge in [-0.1, -0.05) is 6.07 Å². The number of carbonyl (C=O) groups is 2. The van der Waals surface area contributed by atoms with Crippen LogP contribution in [0.25, 0.3) is 5.57 Å². The lowest BCUT2D eigenvalue weighted by Crippen LogP contribution is -2.40. The minimum atomic E-state index is -4.78. The Morgan fingerprint density at radius 2 is 1.82 bits per heavy atom. The summed E-state index contributed by atoms with van der Waals surface area (Å²) in [6.45, 7) is 0.0291. The van der Waals surface area contributed by atoms with Gasteiger partial charge < -0.3 is 14.2 Å². The highest BCUT2D eigenvalue weighted by atomic mass is 32.1. The fourth-order valence-corrected chi connectivity index (χ4v) is 5.83. The van der Waals surface area contributed by atoms with E-state index in [0.29, 0.717) is 54.0 Å². The van der Waals surface area contributed by atoms with Crippen LogP contribution in [0.5, 0.6) is 0 Å². The summed E-state index contributed by atoms with van der Waals surface area (Å²) in [5, 5.41) is 2.66. The van der Waals surface area contributed by atoms with Crippen molar-refractivity contribution in [1.29, 1.82) is 0 Å². The molecule has 13 heteroatoms. The first-order valence-electron chi connectivity index (χ1n) is 12.0. The lowest BCUT2D eigenvalue weighted by atomic mass is 9.97. The predicted molar refractivity (Wildman–Crippen MR) is 128 cm³/mol. The third-order valence-corrected chi connectivity index (χ3v) is 7.89. The molecule has 0 bridgehead atoms. The van der Waals surface area contributed by atoms with E-state index in [2.05, 4.69) is 4.98 Å². The van der Waals surface area contributed by atoms with Gasteiger partial charge >= 0.3 is 12.2 Å². The van der Waals surface area contributed by atoms with Crippen molar-refractivity contribution < 1.29 is 40.7 Å². The number of likely N-dealkylation sites (tertiary alicyclic amines) is 1. The number of ether oxygens (including phenoxy) is 1. The number of thiazole rings is 1. The van der Waals surface area contributed by atoms with Gasteiger partial charge in [0.15, 0.2) is 0 Å². The number of halogens is 6. The molecule has 0 spiro atoms. The van der Waals surface area contributed by atoms with Crippen molar-refractivity contribution in [2.45, 2.75) is 44.0 Å². The Labute approximate surface area is 222 Å². The smallest absolute Gasteiger partial charge is 0.417 e. The van der Waals surface area contributed by atoms with E-state index in [1.165, 1.54) is 40.7 Å². The normalized spacial score (nSPS) is 18.3. The highest BCUT2D eigenvalue weighted by Gasteiger charge is 2.35. The lowest BCUT2D eigenvalue weighted by Gasteiger charge is -2.31. The summed E-state index contributed by atoms with van der Waals surface area (Å²) >= 11 is 1.42. The third kappa shape index (κ3) is 5.58. The molecule has 206 valence electrons. The Balaban J connectivity index is 1.18. The second kappa shape index (κ2) is 10.5. The summed E-state index contributed by atoms with van der Waals surface area (Å²) in [5.41, 5.74) is -0.812. The van der Waals surface area contributed by atoms with Crippen LogP contribution in [0, 0.1) is 11.6 Å². The predicted octanol–water partition coefficient (Wildman–Crippen LogP) is 6.26. The molecule has 2 aliphatic heterocycles. The van der Waals surface area contributed by atoms with Crippen LogP contribution in [0.4, 0.5) is 26.3 Å². The van der Waals surface area contributed by atoms with Gasteiger partial charge in [-0.15, -0.1) is 11.3 Å². The van der Waals surface area contributed by atoms with Crippen LogP contribution in [0.3, 0.4) is 0 Å². The van der Waals surface area contributed by atoms with Gasteiger partial charge in [0.1, 0.15) is 30.0 Å². The summed E-state index contributed by atoms with van der Waals surface area (Å²) in [7, 11) is 0. The number of nitrogens with zero attached hydrogens (tertiary/aromatic N) is 3. The molecule has 1 saturated heterocycles. The maximum absolute atomic E-state index is 14.1. The molecule has 0 saturated carbocycles. The zero-order valence-electron chi connectivity index (χ0n) is 20.2. The van der Waals surface area contributed by atoms with Gasteiger partial charge in [0.25, 0.3) is 0 Å². The molecule has 4 heterocycles. The molecule has 6 nitrogen and oxygen atoms in total. The van der Waals surface area contributed by atoms with Gasteiger partial charge in [0.05, 0.1) is 28.1 Å². The maximum atomic E-state index is 14.1. The Bertz CT molecular complexity index is 1420. The number of rotatable bonds is 6. The summed E-state index contributed by atoms with van der Waals surface area (Å²) in [6, 6.07) is 1.98. The van der Waals surface area contributed by atoms with Crippen molar-refractivity contribution in [2.75, 3.05) is 13.1 Å². The van der Waals surface area contributed by atoms with Crippen LogP contribution in [0.15, 0.2) is 42.1 Å². The van der Waals surface area contributed by atoms with E-state index in [-0.39, 0.29) is 17.9 Å². The SMILES string of the molecule is O=C(F)c1cc(C(F)(F)F)cn1CC(=O)N1CCC(c2nc(C3=COC(c4c(F)cccc4F)C3)cs2)CC1. The number of alkyl halides is 3. The van der Waals surface area contributed by atoms with E-state index in [1.807, 2.05) is 5.38 Å². The second-order valence-electron chi connectivity index (χ2n) is 9.35. The second-order valence-corrected chi connectivity index (χ2v) is 10.2. The Hall–Kier alpha value is -3.61. The van der Waals surface area contributed by atoms with Crippen LogP contribution in [-0.2, 0) is 22.3 Å². The number of carbonyl (C=O) groups excluding carboxylic acids is 2. The van der Waals surface area contributed by atoms with Gasteiger partial charge in [-0.25, -0.2) is 13.8 Å². The molecule has 39 heavy (non-hydrogen) atoms. The highest BCUT2D eigenvalue weighted by Crippen LogP contribution is 2.40. The number of benzene rings is 1. The first-order chi connectivity index (χ1) is 18.5. The van der Waals surface area contributed by atoms with Crippen LogP contribution in [-0.4, -0.2) is 39.5 Å². The van der Waals surface area contributed by atoms with E-state index < -0.39 is 53.7 Å². The average Bonchev–Trinajstić information content (AvgIpc) is 3.63. The molecular formula is C26H21F6N3O3S. The highest BCUT2D eigenvalue weighted by molar-refractivity contribution is 7.09. The van der Waals surface area contributed by atoms with Crippen molar-refractivity contribution in [3.8, 4) is 0 Å². The zero-order chi connectivity index (χ0) is 27.9. The van der Waals surface area contributed by atoms with E-state index in [1.54, 1.807) is 0 Å². The van der Waals surface area contributed by atoms with Crippen molar-refractivity contribution in [3.63, 3.8) is 0 Å². The molecule has 0 N–H and O–H groups in total. The monoisotopic (exact) mass is 569 g/mol. The van der Waals surface area contributed by atoms with Gasteiger partial charge in [0, 0.05) is 42.6 Å². The average molecular weight is 570 g/mol. The number of piperidine rings is 1. The van der Waals surface area contributed by atoms with Gasteiger partial charge in [-0.2, -0.15) is 17.6 Å². The van der Waals surface area contributed by atoms with Crippen LogP contribution in [0.1, 0.15) is 63.6 Å². The quantitative estimate of drug-likeness (QED) is 0.260. The number of amides is 1. The summed E-state index contributed by atoms with van der Waals surface area (Å²) < 4.78 is 86.7. The fourth-order valence-electron chi connectivity index (χ4n) is 4.82. The third-order valence-electron chi connectivity index (χ3n) is 6.88. The molecule has 1 aromatic carbocycles. The van der Waals surface area contributed by atoms with Gasteiger partial charge in [-0.3, -0.25) is 9.59 Å². The number of hydrogen-bond acceptors (Lipinski definition) is 5. The van der Waals surface area contributed by atoms with Crippen molar-refractivity contribution in [2.24, 2.45) is 0 Å². The number of hydrogen-bond donors (Lipinski definition) is 0. The fraction of sp³-hybridized carbons (Fsp3) is 0.346. The molecule has 3 aromatic rings. The summed E-state index contributed by atoms with van der Waals surface area (Å²) in [6.07, 6.45) is -2.20. The number of aromatic nitrogens is 2. The molecule has 1 fully saturated rings. The molecular weight excluding hydrogens is 548 g/mol. The van der Waals surface area contributed by atoms with Crippen molar-refractivity contribution in [3.05, 3.63) is 81.3 Å². The summed E-state index contributed by atoms with van der Waals surface area (Å²) in [4.78, 5) is 30.0. The van der Waals surface area contributed by atoms with Crippen LogP contribution < -0.4 is 0 Å². The van der Waals surface area contributed by atoms with Crippen LogP contribution >= 0.6 is 11.3 Å². The topological polar surface area (TPSA) is 64.4 Å². The maximum Gasteiger partial charge on any atom is 0.417 e. The van der Waals surface area contributed by atoms with E-state index in [0.717, 1.165) is 5.01 Å². The summed E-state index contributed by atoms with van der Waals surface area (Å²) in [5.74, 6) is -1.86. The zero-order valence-corrected chi connectivity index (χ0v) is 21.0. The van der Waals surface area contributed by atoms with Gasteiger partial charge in [0.2, 0.25) is 5.91 Å². The first-order valence-corrected chi connectivity index (χ1v) is 12.9. The molecule has 1 amide bonds. The Kier molecular flexibility index (Phi) is 7.27. The van der Waals surface area contributed by atoms with E-state index in [9.17, 15) is 35.9 Å². The van der Waals surface area contributed by atoms with E-state index >= 15 is 0 Å². The molecule has 0 radical (unpaired) electrons. The molecule has 1 atom stereocenters. The Morgan fingerprint density at radius 1 is 1.13 bits per heavy atom. The lowest BCUT2D eigenvalue weighted by molar-refractivity contribution is -0.138. The molecule has 2 aliphatic rings. The Morgan fingerprint density at radius 3 is 2.46 bits per heavy atom. The van der Waals surface area contributed by atoms with Crippen LogP contribution in [0.2, 0.25) is 0 Å². The first kappa shape index (κ1) is 27.0. The molecule has 5 rings (SSSR count). The molecule has 0 aliphatic carbocycles. The standard InChI is InChI=1S/C26H21F6N3O3S/c27-17-2-1-3-18(28)23(17)21-8-15(12-38-21)19-13-39-25(33-19)14-4-6-34(7-5-14)22(36)11-35-10-16(26(30,31)32)9-20(35)24(29)37/h1-3,9-10,12-14,21H,4-8,11H2. The largest absolute Gasteiger partial charge is 0.492 e. The molecule has 1 unspecified atom stereocenters. The molecule has 2 aromatic heterocycles. The van der Waals surface area contributed by atoms with Crippen molar-refractivity contribution >= 4 is 28.9 Å². The van der Waals surface area contributed by atoms with Crippen molar-refractivity contribution in [1.82, 2.24) is 14.5 Å². The minimum absolute atomic E-state index is 0.0296. The van der Waals surface area contributed by atoms with Gasteiger partial charge in [-0.05, 0) is 31.0 Å².